The van der Waals surface area contributed by atoms with Gasteiger partial charge in [-0.2, -0.15) is 0 Å². The van der Waals surface area contributed by atoms with Crippen molar-refractivity contribution < 1.29 is 9.53 Å². The molecule has 0 rings (SSSR count). The van der Waals surface area contributed by atoms with Crippen LogP contribution >= 0.6 is 24.8 Å². The van der Waals surface area contributed by atoms with E-state index in [-0.39, 0.29) is 30.7 Å². The minimum Gasteiger partial charge on any atom is -0.383 e. The van der Waals surface area contributed by atoms with Gasteiger partial charge in [-0.15, -0.1) is 24.8 Å². The van der Waals surface area contributed by atoms with Gasteiger partial charge in [-0.3, -0.25) is 4.79 Å². The summed E-state index contributed by atoms with van der Waals surface area (Å²) in [5, 5.41) is 5.89. The summed E-state index contributed by atoms with van der Waals surface area (Å²) in [5.74, 6) is 0.0404. The van der Waals surface area contributed by atoms with Gasteiger partial charge in [0.15, 0.2) is 0 Å². The zero-order chi connectivity index (χ0) is 13.1. The molecule has 0 radical (unpaired) electrons. The second-order valence-corrected chi connectivity index (χ2v) is 4.26. The van der Waals surface area contributed by atoms with Crippen LogP contribution in [-0.2, 0) is 9.53 Å². The lowest BCUT2D eigenvalue weighted by Crippen LogP contribution is -2.40. The molecule has 5 nitrogen and oxygen atoms in total. The number of ether oxygens (including phenoxy) is 1. The van der Waals surface area contributed by atoms with Crippen LogP contribution in [0.2, 0.25) is 0 Å². The molecule has 7 heteroatoms. The number of halogens is 2. The standard InChI is InChI=1S/C12H27N3O2.2ClH/c1-5-11(2)15(3)8-6-14-12(16)10-13-7-9-17-4;;/h11,13H,5-10H2,1-4H3,(H,14,16);2*1H. The normalized spacial score (nSPS) is 11.4. The van der Waals surface area contributed by atoms with Crippen LogP contribution < -0.4 is 10.6 Å². The largest absolute Gasteiger partial charge is 0.383 e. The molecule has 118 valence electrons. The van der Waals surface area contributed by atoms with E-state index in [0.717, 1.165) is 13.0 Å². The Labute approximate surface area is 129 Å². The average molecular weight is 318 g/mol. The number of carbonyl (C=O) groups excluding carboxylic acids is 1. The number of amides is 1. The average Bonchev–Trinajstić information content (AvgIpc) is 2.33. The first-order chi connectivity index (χ1) is 8.11. The Bertz CT molecular complexity index is 209. The number of methoxy groups -OCH3 is 1. The monoisotopic (exact) mass is 317 g/mol. The van der Waals surface area contributed by atoms with Crippen molar-refractivity contribution in [3.05, 3.63) is 0 Å². The molecule has 1 amide bonds. The predicted molar refractivity (Wildman–Crippen MR) is 84.6 cm³/mol. The molecule has 0 saturated carbocycles. The minimum atomic E-state index is 0. The van der Waals surface area contributed by atoms with Crippen molar-refractivity contribution in [3.8, 4) is 0 Å². The van der Waals surface area contributed by atoms with Gasteiger partial charge < -0.3 is 20.3 Å². The summed E-state index contributed by atoms with van der Waals surface area (Å²) in [6, 6.07) is 0.562. The minimum absolute atomic E-state index is 0. The SMILES string of the molecule is CCC(C)N(C)CCNC(=O)CNCCOC.Cl.Cl. The molecule has 2 N–H and O–H groups in total. The van der Waals surface area contributed by atoms with Crippen molar-refractivity contribution in [2.24, 2.45) is 0 Å². The van der Waals surface area contributed by atoms with Crippen LogP contribution in [0.1, 0.15) is 20.3 Å². The third kappa shape index (κ3) is 14.2. The Morgan fingerprint density at radius 3 is 2.47 bits per heavy atom. The summed E-state index contributed by atoms with van der Waals surface area (Å²) >= 11 is 0. The zero-order valence-electron chi connectivity index (χ0n) is 12.4. The summed E-state index contributed by atoms with van der Waals surface area (Å²) < 4.78 is 4.87. The van der Waals surface area contributed by atoms with Gasteiger partial charge in [0.2, 0.25) is 5.91 Å². The van der Waals surface area contributed by atoms with Crippen LogP contribution in [0, 0.1) is 0 Å². The maximum atomic E-state index is 11.4. The number of hydrogen-bond donors (Lipinski definition) is 2. The van der Waals surface area contributed by atoms with Crippen LogP contribution in [0.5, 0.6) is 0 Å². The Morgan fingerprint density at radius 1 is 1.32 bits per heavy atom. The molecule has 0 aliphatic carbocycles. The van der Waals surface area contributed by atoms with Crippen LogP contribution in [0.25, 0.3) is 0 Å². The number of hydrogen-bond acceptors (Lipinski definition) is 4. The highest BCUT2D eigenvalue weighted by molar-refractivity contribution is 5.85. The van der Waals surface area contributed by atoms with Crippen molar-refractivity contribution in [2.75, 3.05) is 46.9 Å². The maximum absolute atomic E-state index is 11.4. The summed E-state index contributed by atoms with van der Waals surface area (Å²) in [6.07, 6.45) is 1.13. The van der Waals surface area contributed by atoms with E-state index in [1.807, 2.05) is 0 Å². The summed E-state index contributed by atoms with van der Waals surface area (Å²) in [7, 11) is 3.73. The molecule has 0 saturated heterocycles. The van der Waals surface area contributed by atoms with E-state index in [1.54, 1.807) is 7.11 Å². The Morgan fingerprint density at radius 2 is 1.95 bits per heavy atom. The van der Waals surface area contributed by atoms with Gasteiger partial charge >= 0.3 is 0 Å². The molecule has 0 aromatic heterocycles. The van der Waals surface area contributed by atoms with Crippen molar-refractivity contribution in [1.82, 2.24) is 15.5 Å². The highest BCUT2D eigenvalue weighted by Crippen LogP contribution is 1.97. The fourth-order valence-corrected chi connectivity index (χ4v) is 1.34. The van der Waals surface area contributed by atoms with Crippen LogP contribution in [0.4, 0.5) is 0 Å². The smallest absolute Gasteiger partial charge is 0.234 e. The quantitative estimate of drug-likeness (QED) is 0.588. The summed E-state index contributed by atoms with van der Waals surface area (Å²) in [4.78, 5) is 13.6. The lowest BCUT2D eigenvalue weighted by molar-refractivity contribution is -0.120. The van der Waals surface area contributed by atoms with Gasteiger partial charge in [-0.1, -0.05) is 6.92 Å². The highest BCUT2D eigenvalue weighted by Gasteiger charge is 2.06. The molecule has 0 fully saturated rings. The fourth-order valence-electron chi connectivity index (χ4n) is 1.34. The number of nitrogens with one attached hydrogen (secondary N) is 2. The summed E-state index contributed by atoms with van der Waals surface area (Å²) in [5.41, 5.74) is 0. The molecular weight excluding hydrogens is 289 g/mol. The van der Waals surface area contributed by atoms with Crippen molar-refractivity contribution in [3.63, 3.8) is 0 Å². The molecule has 0 aromatic carbocycles. The molecule has 0 aliphatic heterocycles. The van der Waals surface area contributed by atoms with Crippen molar-refractivity contribution >= 4 is 30.7 Å². The molecule has 0 aliphatic rings. The van der Waals surface area contributed by atoms with E-state index >= 15 is 0 Å². The molecule has 0 aromatic rings. The van der Waals surface area contributed by atoms with Crippen molar-refractivity contribution in [1.29, 1.82) is 0 Å². The predicted octanol–water partition coefficient (Wildman–Crippen LogP) is 0.912. The molecule has 0 spiro atoms. The van der Waals surface area contributed by atoms with E-state index in [9.17, 15) is 4.79 Å². The topological polar surface area (TPSA) is 53.6 Å². The van der Waals surface area contributed by atoms with E-state index in [4.69, 9.17) is 4.74 Å². The first-order valence-corrected chi connectivity index (χ1v) is 6.28. The second-order valence-electron chi connectivity index (χ2n) is 4.26. The highest BCUT2D eigenvalue weighted by atomic mass is 35.5. The van der Waals surface area contributed by atoms with Gasteiger partial charge in [-0.25, -0.2) is 0 Å². The second kappa shape index (κ2) is 16.0. The molecular formula is C12H29Cl2N3O2. The van der Waals surface area contributed by atoms with Gasteiger partial charge in [-0.05, 0) is 20.4 Å². The van der Waals surface area contributed by atoms with Crippen LogP contribution in [0.15, 0.2) is 0 Å². The van der Waals surface area contributed by atoms with Crippen molar-refractivity contribution in [2.45, 2.75) is 26.3 Å². The third-order valence-electron chi connectivity index (χ3n) is 2.90. The maximum Gasteiger partial charge on any atom is 0.234 e. The fraction of sp³-hybridized carbons (Fsp3) is 0.917. The van der Waals surface area contributed by atoms with E-state index < -0.39 is 0 Å². The van der Waals surface area contributed by atoms with Gasteiger partial charge in [0.05, 0.1) is 13.2 Å². The molecule has 1 unspecified atom stereocenters. The van der Waals surface area contributed by atoms with E-state index in [1.165, 1.54) is 0 Å². The molecule has 0 bridgehead atoms. The molecule has 0 heterocycles. The number of rotatable bonds is 10. The Kier molecular flexibility index (Phi) is 20.2. The first kappa shape index (κ1) is 24.0. The zero-order valence-corrected chi connectivity index (χ0v) is 14.0. The van der Waals surface area contributed by atoms with Gasteiger partial charge in [0.1, 0.15) is 0 Å². The molecule has 1 atom stereocenters. The van der Waals surface area contributed by atoms with Gasteiger partial charge in [0, 0.05) is 32.8 Å². The van der Waals surface area contributed by atoms with Gasteiger partial charge in [0.25, 0.3) is 0 Å². The Hall–Kier alpha value is -0.0700. The number of carbonyl (C=O) groups is 1. The lowest BCUT2D eigenvalue weighted by atomic mass is 10.2. The third-order valence-corrected chi connectivity index (χ3v) is 2.90. The van der Waals surface area contributed by atoms with E-state index in [2.05, 4.69) is 36.4 Å². The van der Waals surface area contributed by atoms with E-state index in [0.29, 0.717) is 32.3 Å². The Balaban J connectivity index is -0.00000128. The lowest BCUT2D eigenvalue weighted by Gasteiger charge is -2.23. The summed E-state index contributed by atoms with van der Waals surface area (Å²) in [6.45, 7) is 7.63. The first-order valence-electron chi connectivity index (χ1n) is 6.28. The number of likely N-dealkylation sites (N-methyl/N-ethyl adjacent to an activating group) is 1. The van der Waals surface area contributed by atoms with Crippen LogP contribution in [0.3, 0.4) is 0 Å². The number of nitrogens with zero attached hydrogens (tertiary/aromatic N) is 1. The van der Waals surface area contributed by atoms with Crippen LogP contribution in [-0.4, -0.2) is 63.8 Å². The molecule has 19 heavy (non-hydrogen) atoms.